The van der Waals surface area contributed by atoms with Crippen molar-refractivity contribution in [1.82, 2.24) is 0 Å². The van der Waals surface area contributed by atoms with Crippen molar-refractivity contribution in [2.24, 2.45) is 0 Å². The minimum absolute atomic E-state index is 0.335. The number of hydrogen-bond acceptors (Lipinski definition) is 2. The zero-order chi connectivity index (χ0) is 21.0. The zero-order valence-electron chi connectivity index (χ0n) is 17.8. The van der Waals surface area contributed by atoms with E-state index in [4.69, 9.17) is 0 Å². The molecule has 0 N–H and O–H groups in total. The highest BCUT2D eigenvalue weighted by atomic mass is 15.2. The normalized spacial score (nSPS) is 19.8. The number of nitriles is 1. The van der Waals surface area contributed by atoms with E-state index in [9.17, 15) is 5.26 Å². The second kappa shape index (κ2) is 6.47. The Bertz CT molecular complexity index is 1290. The van der Waals surface area contributed by atoms with Crippen LogP contribution in [0.5, 0.6) is 0 Å². The number of rotatable bonds is 1. The summed E-state index contributed by atoms with van der Waals surface area (Å²) in [5.74, 6) is 0. The third-order valence-corrected chi connectivity index (χ3v) is 7.09. The Kier molecular flexibility index (Phi) is 3.98. The van der Waals surface area contributed by atoms with Crippen LogP contribution in [-0.4, -0.2) is 0 Å². The molecule has 0 amide bonds. The van der Waals surface area contributed by atoms with Crippen molar-refractivity contribution in [2.75, 3.05) is 4.90 Å². The van der Waals surface area contributed by atoms with Crippen LogP contribution in [0.25, 0.3) is 5.57 Å². The van der Waals surface area contributed by atoms with Crippen LogP contribution >= 0.6 is 0 Å². The monoisotopic (exact) mass is 388 g/mol. The van der Waals surface area contributed by atoms with Crippen LogP contribution in [0.3, 0.4) is 0 Å². The molecule has 1 aliphatic carbocycles. The average molecular weight is 389 g/mol. The van der Waals surface area contributed by atoms with Crippen LogP contribution in [0.1, 0.15) is 49.9 Å². The smallest absolute Gasteiger partial charge is 0.0991 e. The minimum atomic E-state index is -0.335. The second-order valence-corrected chi connectivity index (χ2v) is 8.27. The van der Waals surface area contributed by atoms with E-state index in [-0.39, 0.29) is 5.41 Å². The van der Waals surface area contributed by atoms with Crippen molar-refractivity contribution < 1.29 is 0 Å². The predicted molar refractivity (Wildman–Crippen MR) is 124 cm³/mol. The van der Waals surface area contributed by atoms with E-state index in [2.05, 4.69) is 105 Å². The standard InChI is InChI=1S/C28H24N2/c1-18-19(2)28(26-16-22(17-29)14-15-24(18)26)20(3)21(4)30(23-10-6-5-7-11-23)27-13-9-8-12-25(27)28/h5-16H,1-4H3. The van der Waals surface area contributed by atoms with E-state index in [0.29, 0.717) is 5.56 Å². The average Bonchev–Trinajstić information content (AvgIpc) is 3.00. The molecule has 2 aliphatic rings. The van der Waals surface area contributed by atoms with Gasteiger partial charge in [0.25, 0.3) is 0 Å². The summed E-state index contributed by atoms with van der Waals surface area (Å²) < 4.78 is 0. The lowest BCUT2D eigenvalue weighted by Crippen LogP contribution is -2.38. The van der Waals surface area contributed by atoms with Gasteiger partial charge in [-0.3, -0.25) is 0 Å². The Morgan fingerprint density at radius 1 is 0.767 bits per heavy atom. The minimum Gasteiger partial charge on any atom is -0.314 e. The first-order valence-electron chi connectivity index (χ1n) is 10.4. The molecule has 0 radical (unpaired) electrons. The van der Waals surface area contributed by atoms with Gasteiger partial charge in [-0.05, 0) is 85.9 Å². The SMILES string of the molecule is CC1=C(C)C2(C(C)=C(C)N(c3ccccc3)c3ccccc32)c2cc(C#N)ccc21. The van der Waals surface area contributed by atoms with Crippen molar-refractivity contribution in [2.45, 2.75) is 33.1 Å². The summed E-state index contributed by atoms with van der Waals surface area (Å²) in [6.45, 7) is 8.94. The molecule has 2 nitrogen and oxygen atoms in total. The van der Waals surface area contributed by atoms with Gasteiger partial charge in [-0.25, -0.2) is 0 Å². The number of anilines is 2. The van der Waals surface area contributed by atoms with Crippen LogP contribution < -0.4 is 4.90 Å². The molecule has 0 fully saturated rings. The van der Waals surface area contributed by atoms with Gasteiger partial charge in [0.05, 0.1) is 22.7 Å². The fraction of sp³-hybridized carbons (Fsp3) is 0.179. The molecule has 0 aromatic heterocycles. The van der Waals surface area contributed by atoms with Crippen molar-refractivity contribution in [3.8, 4) is 6.07 Å². The zero-order valence-corrected chi connectivity index (χ0v) is 17.8. The Morgan fingerprint density at radius 2 is 1.47 bits per heavy atom. The van der Waals surface area contributed by atoms with E-state index in [1.807, 2.05) is 6.07 Å². The molecule has 3 aromatic rings. The van der Waals surface area contributed by atoms with E-state index in [1.165, 1.54) is 50.5 Å². The lowest BCUT2D eigenvalue weighted by molar-refractivity contribution is 0.690. The Labute approximate surface area is 178 Å². The van der Waals surface area contributed by atoms with Gasteiger partial charge >= 0.3 is 0 Å². The van der Waals surface area contributed by atoms with Gasteiger partial charge in [0.2, 0.25) is 0 Å². The number of nitrogens with zero attached hydrogens (tertiary/aromatic N) is 2. The Hall–Kier alpha value is -3.57. The topological polar surface area (TPSA) is 27.0 Å². The Balaban J connectivity index is 1.90. The molecule has 1 unspecified atom stereocenters. The molecule has 1 atom stereocenters. The first-order chi connectivity index (χ1) is 14.5. The van der Waals surface area contributed by atoms with Gasteiger partial charge in [-0.1, -0.05) is 48.0 Å². The third kappa shape index (κ3) is 2.18. The maximum Gasteiger partial charge on any atom is 0.0991 e. The van der Waals surface area contributed by atoms with Crippen molar-refractivity contribution in [1.29, 1.82) is 5.26 Å². The van der Waals surface area contributed by atoms with Gasteiger partial charge in [0.15, 0.2) is 0 Å². The van der Waals surface area contributed by atoms with Crippen LogP contribution in [0.15, 0.2) is 89.6 Å². The van der Waals surface area contributed by atoms with Crippen molar-refractivity contribution in [3.05, 3.63) is 112 Å². The van der Waals surface area contributed by atoms with E-state index in [1.54, 1.807) is 0 Å². The largest absolute Gasteiger partial charge is 0.314 e. The molecule has 3 aromatic carbocycles. The molecule has 30 heavy (non-hydrogen) atoms. The second-order valence-electron chi connectivity index (χ2n) is 8.27. The quantitative estimate of drug-likeness (QED) is 0.445. The van der Waals surface area contributed by atoms with Gasteiger partial charge in [-0.2, -0.15) is 5.26 Å². The maximum atomic E-state index is 9.61. The number of hydrogen-bond donors (Lipinski definition) is 0. The molecule has 1 heterocycles. The first kappa shape index (κ1) is 18.5. The van der Waals surface area contributed by atoms with Crippen molar-refractivity contribution in [3.63, 3.8) is 0 Å². The summed E-state index contributed by atoms with van der Waals surface area (Å²) in [7, 11) is 0. The molecule has 0 saturated carbocycles. The van der Waals surface area contributed by atoms with Crippen LogP contribution in [0, 0.1) is 11.3 Å². The molecular formula is C28H24N2. The van der Waals surface area contributed by atoms with Crippen LogP contribution in [0.2, 0.25) is 0 Å². The molecule has 146 valence electrons. The van der Waals surface area contributed by atoms with E-state index in [0.717, 1.165) is 0 Å². The van der Waals surface area contributed by atoms with Gasteiger partial charge in [0, 0.05) is 11.4 Å². The van der Waals surface area contributed by atoms with Gasteiger partial charge in [0.1, 0.15) is 0 Å². The highest BCUT2D eigenvalue weighted by Gasteiger charge is 2.49. The Morgan fingerprint density at radius 3 is 2.20 bits per heavy atom. The van der Waals surface area contributed by atoms with Gasteiger partial charge in [-0.15, -0.1) is 0 Å². The summed E-state index contributed by atoms with van der Waals surface area (Å²) >= 11 is 0. The summed E-state index contributed by atoms with van der Waals surface area (Å²) in [6.07, 6.45) is 0. The maximum absolute atomic E-state index is 9.61. The number of fused-ring (bicyclic) bond motifs is 4. The third-order valence-electron chi connectivity index (χ3n) is 7.09. The molecule has 2 heteroatoms. The highest BCUT2D eigenvalue weighted by molar-refractivity contribution is 5.89. The lowest BCUT2D eigenvalue weighted by Gasteiger charge is -2.45. The molecule has 0 saturated heterocycles. The van der Waals surface area contributed by atoms with Crippen LogP contribution in [-0.2, 0) is 5.41 Å². The summed E-state index contributed by atoms with van der Waals surface area (Å²) in [5, 5.41) is 9.61. The van der Waals surface area contributed by atoms with Crippen LogP contribution in [0.4, 0.5) is 11.4 Å². The fourth-order valence-corrected chi connectivity index (χ4v) is 5.48. The molecule has 1 spiro atoms. The van der Waals surface area contributed by atoms with E-state index < -0.39 is 0 Å². The van der Waals surface area contributed by atoms with Gasteiger partial charge < -0.3 is 4.90 Å². The summed E-state index contributed by atoms with van der Waals surface area (Å²) in [5.41, 5.74) is 11.7. The fourth-order valence-electron chi connectivity index (χ4n) is 5.48. The molecule has 1 aliphatic heterocycles. The first-order valence-corrected chi connectivity index (χ1v) is 10.4. The highest BCUT2D eigenvalue weighted by Crippen LogP contribution is 2.60. The summed E-state index contributed by atoms with van der Waals surface area (Å²) in [4.78, 5) is 2.37. The molecule has 0 bridgehead atoms. The molecule has 5 rings (SSSR count). The van der Waals surface area contributed by atoms with Crippen molar-refractivity contribution >= 4 is 16.9 Å². The van der Waals surface area contributed by atoms with E-state index >= 15 is 0 Å². The number of allylic oxidation sites excluding steroid dienone is 4. The summed E-state index contributed by atoms with van der Waals surface area (Å²) in [6, 6.07) is 27.8. The predicted octanol–water partition coefficient (Wildman–Crippen LogP) is 7.10. The number of para-hydroxylation sites is 2. The molecular weight excluding hydrogens is 364 g/mol. The lowest BCUT2D eigenvalue weighted by atomic mass is 9.64. The number of benzene rings is 3.